The first kappa shape index (κ1) is 14.0. The summed E-state index contributed by atoms with van der Waals surface area (Å²) in [4.78, 5) is 4.37. The average Bonchev–Trinajstić information content (AvgIpc) is 2.61. The Labute approximate surface area is 131 Å². The predicted octanol–water partition coefficient (Wildman–Crippen LogP) is 5.77. The van der Waals surface area contributed by atoms with Gasteiger partial charge in [-0.1, -0.05) is 78.9 Å². The zero-order valence-corrected chi connectivity index (χ0v) is 12.3. The second kappa shape index (κ2) is 7.19. The molecule has 0 bridgehead atoms. The standard InChI is InChI=1S/C21H17N/c1-3-9-19(10-4-1)20-15-13-18(14-16-20)8-7-17-22-21-11-5-2-6-12-21/h1-17H/b8-7+,22-17+. The third-order valence-electron chi connectivity index (χ3n) is 3.37. The van der Waals surface area contributed by atoms with Gasteiger partial charge in [0.15, 0.2) is 0 Å². The fraction of sp³-hybridized carbons (Fsp3) is 0. The van der Waals surface area contributed by atoms with Crippen molar-refractivity contribution in [3.63, 3.8) is 0 Å². The van der Waals surface area contributed by atoms with Gasteiger partial charge in [-0.3, -0.25) is 4.99 Å². The minimum Gasteiger partial charge on any atom is -0.257 e. The van der Waals surface area contributed by atoms with Crippen molar-refractivity contribution >= 4 is 18.0 Å². The summed E-state index contributed by atoms with van der Waals surface area (Å²) < 4.78 is 0. The normalized spacial score (nSPS) is 11.3. The summed E-state index contributed by atoms with van der Waals surface area (Å²) in [5.41, 5.74) is 4.60. The van der Waals surface area contributed by atoms with Gasteiger partial charge in [-0.2, -0.15) is 0 Å². The van der Waals surface area contributed by atoms with Gasteiger partial charge in [0.05, 0.1) is 5.69 Å². The van der Waals surface area contributed by atoms with E-state index in [9.17, 15) is 0 Å². The number of para-hydroxylation sites is 1. The first-order valence-corrected chi connectivity index (χ1v) is 7.33. The zero-order chi connectivity index (χ0) is 15.0. The molecule has 3 aromatic carbocycles. The van der Waals surface area contributed by atoms with Gasteiger partial charge in [0.2, 0.25) is 0 Å². The fourth-order valence-corrected chi connectivity index (χ4v) is 2.21. The second-order valence-electron chi connectivity index (χ2n) is 4.96. The maximum atomic E-state index is 4.37. The summed E-state index contributed by atoms with van der Waals surface area (Å²) in [6.45, 7) is 0. The highest BCUT2D eigenvalue weighted by molar-refractivity contribution is 5.80. The third-order valence-corrected chi connectivity index (χ3v) is 3.37. The smallest absolute Gasteiger partial charge is 0.0629 e. The van der Waals surface area contributed by atoms with Gasteiger partial charge in [-0.25, -0.2) is 0 Å². The molecule has 1 nitrogen and oxygen atoms in total. The lowest BCUT2D eigenvalue weighted by molar-refractivity contribution is 1.54. The molecule has 22 heavy (non-hydrogen) atoms. The molecule has 0 unspecified atom stereocenters. The van der Waals surface area contributed by atoms with Crippen molar-refractivity contribution in [1.29, 1.82) is 0 Å². The van der Waals surface area contributed by atoms with Gasteiger partial charge in [-0.05, 0) is 34.9 Å². The van der Waals surface area contributed by atoms with E-state index in [-0.39, 0.29) is 0 Å². The Hall–Kier alpha value is -2.93. The second-order valence-corrected chi connectivity index (χ2v) is 4.96. The van der Waals surface area contributed by atoms with Crippen molar-refractivity contribution < 1.29 is 0 Å². The van der Waals surface area contributed by atoms with Gasteiger partial charge < -0.3 is 0 Å². The van der Waals surface area contributed by atoms with Crippen molar-refractivity contribution in [3.05, 3.63) is 96.6 Å². The number of aliphatic imine (C=N–C) groups is 1. The first-order valence-electron chi connectivity index (χ1n) is 7.33. The molecule has 1 heteroatoms. The summed E-state index contributed by atoms with van der Waals surface area (Å²) in [6.07, 6.45) is 5.84. The Kier molecular flexibility index (Phi) is 4.58. The van der Waals surface area contributed by atoms with Crippen molar-refractivity contribution in [2.45, 2.75) is 0 Å². The molecule has 0 spiro atoms. The van der Waals surface area contributed by atoms with Gasteiger partial charge in [0.25, 0.3) is 0 Å². The molecule has 0 atom stereocenters. The number of rotatable bonds is 4. The Balaban J connectivity index is 1.66. The van der Waals surface area contributed by atoms with Crippen LogP contribution in [-0.2, 0) is 0 Å². The minimum absolute atomic E-state index is 0.964. The van der Waals surface area contributed by atoms with Crippen molar-refractivity contribution in [2.24, 2.45) is 4.99 Å². The maximum absolute atomic E-state index is 4.37. The number of benzene rings is 3. The lowest BCUT2D eigenvalue weighted by Crippen LogP contribution is -1.77. The first-order chi connectivity index (χ1) is 10.9. The van der Waals surface area contributed by atoms with E-state index in [0.29, 0.717) is 0 Å². The van der Waals surface area contributed by atoms with Crippen LogP contribution in [0.5, 0.6) is 0 Å². The van der Waals surface area contributed by atoms with E-state index in [0.717, 1.165) is 5.69 Å². The van der Waals surface area contributed by atoms with Crippen LogP contribution in [0.2, 0.25) is 0 Å². The van der Waals surface area contributed by atoms with E-state index in [1.807, 2.05) is 48.7 Å². The summed E-state index contributed by atoms with van der Waals surface area (Å²) in [6, 6.07) is 28.9. The lowest BCUT2D eigenvalue weighted by atomic mass is 10.0. The van der Waals surface area contributed by atoms with Crippen LogP contribution in [-0.4, -0.2) is 6.21 Å². The number of nitrogens with zero attached hydrogens (tertiary/aromatic N) is 1. The van der Waals surface area contributed by atoms with Crippen molar-refractivity contribution in [3.8, 4) is 11.1 Å². The van der Waals surface area contributed by atoms with Crippen LogP contribution in [0.15, 0.2) is 96.0 Å². The van der Waals surface area contributed by atoms with Crippen LogP contribution in [0.25, 0.3) is 17.2 Å². The van der Waals surface area contributed by atoms with E-state index in [1.54, 1.807) is 0 Å². The molecule has 0 aliphatic heterocycles. The molecule has 0 fully saturated rings. The summed E-state index contributed by atoms with van der Waals surface area (Å²) in [7, 11) is 0. The van der Waals surface area contributed by atoms with Gasteiger partial charge >= 0.3 is 0 Å². The van der Waals surface area contributed by atoms with E-state index in [1.165, 1.54) is 16.7 Å². The number of allylic oxidation sites excluding steroid dienone is 1. The van der Waals surface area contributed by atoms with E-state index >= 15 is 0 Å². The van der Waals surface area contributed by atoms with Crippen LogP contribution in [0.3, 0.4) is 0 Å². The highest BCUT2D eigenvalue weighted by atomic mass is 14.7. The lowest BCUT2D eigenvalue weighted by Gasteiger charge is -2.01. The fourth-order valence-electron chi connectivity index (χ4n) is 2.21. The Morgan fingerprint density at radius 1 is 0.591 bits per heavy atom. The SMILES string of the molecule is C(=C\c1ccc(-c2ccccc2)cc1)/C=N/c1ccccc1. The van der Waals surface area contributed by atoms with Crippen molar-refractivity contribution in [2.75, 3.05) is 0 Å². The monoisotopic (exact) mass is 283 g/mol. The largest absolute Gasteiger partial charge is 0.257 e. The van der Waals surface area contributed by atoms with E-state index < -0.39 is 0 Å². The molecule has 3 aromatic rings. The van der Waals surface area contributed by atoms with Gasteiger partial charge in [-0.15, -0.1) is 0 Å². The zero-order valence-electron chi connectivity index (χ0n) is 12.3. The predicted molar refractivity (Wildman–Crippen MR) is 95.5 cm³/mol. The van der Waals surface area contributed by atoms with Gasteiger partial charge in [0, 0.05) is 6.21 Å². The molecule has 0 aromatic heterocycles. The molecular formula is C21H17N. The quantitative estimate of drug-likeness (QED) is 0.539. The molecule has 0 aliphatic carbocycles. The number of hydrogen-bond donors (Lipinski definition) is 0. The molecule has 106 valence electrons. The average molecular weight is 283 g/mol. The topological polar surface area (TPSA) is 12.4 Å². The van der Waals surface area contributed by atoms with Crippen molar-refractivity contribution in [1.82, 2.24) is 0 Å². The molecule has 0 amide bonds. The third kappa shape index (κ3) is 3.80. The molecule has 0 aliphatic rings. The van der Waals surface area contributed by atoms with Crippen LogP contribution in [0, 0.1) is 0 Å². The Morgan fingerprint density at radius 2 is 1.18 bits per heavy atom. The molecule has 0 saturated carbocycles. The molecular weight excluding hydrogens is 266 g/mol. The molecule has 0 saturated heterocycles. The molecule has 3 rings (SSSR count). The Morgan fingerprint density at radius 3 is 1.86 bits per heavy atom. The minimum atomic E-state index is 0.964. The highest BCUT2D eigenvalue weighted by Crippen LogP contribution is 2.19. The molecule has 0 heterocycles. The van der Waals surface area contributed by atoms with E-state index in [4.69, 9.17) is 0 Å². The van der Waals surface area contributed by atoms with E-state index in [2.05, 4.69) is 59.6 Å². The summed E-state index contributed by atoms with van der Waals surface area (Å²) >= 11 is 0. The molecule has 0 radical (unpaired) electrons. The maximum Gasteiger partial charge on any atom is 0.0629 e. The van der Waals surface area contributed by atoms with Crippen LogP contribution in [0.4, 0.5) is 5.69 Å². The number of hydrogen-bond acceptors (Lipinski definition) is 1. The van der Waals surface area contributed by atoms with Crippen LogP contribution >= 0.6 is 0 Å². The van der Waals surface area contributed by atoms with Crippen LogP contribution in [0.1, 0.15) is 5.56 Å². The highest BCUT2D eigenvalue weighted by Gasteiger charge is 1.95. The summed E-state index contributed by atoms with van der Waals surface area (Å²) in [5, 5.41) is 0. The Bertz CT molecular complexity index is 754. The molecule has 0 N–H and O–H groups in total. The van der Waals surface area contributed by atoms with Crippen LogP contribution < -0.4 is 0 Å². The summed E-state index contributed by atoms with van der Waals surface area (Å²) in [5.74, 6) is 0. The van der Waals surface area contributed by atoms with Gasteiger partial charge in [0.1, 0.15) is 0 Å².